The lowest BCUT2D eigenvalue weighted by Crippen LogP contribution is -1.92. The van der Waals surface area contributed by atoms with Gasteiger partial charge in [0.05, 0.1) is 5.52 Å². The molecular weight excluding hydrogens is 174 g/mol. The Labute approximate surface area is 83.2 Å². The number of nitrogens with zero attached hydrogens (tertiary/aromatic N) is 1. The van der Waals surface area contributed by atoms with E-state index in [1.807, 2.05) is 32.3 Å². The van der Waals surface area contributed by atoms with Gasteiger partial charge in [-0.25, -0.2) is 4.98 Å². The van der Waals surface area contributed by atoms with Crippen molar-refractivity contribution in [2.75, 3.05) is 24.7 Å². The molecule has 0 aliphatic heterocycles. The molecule has 1 aromatic carbocycles. The molecule has 3 heteroatoms. The second-order valence-electron chi connectivity index (χ2n) is 3.10. The number of rotatable bonds is 2. The number of nitrogens with one attached hydrogen (secondary N) is 2. The van der Waals surface area contributed by atoms with Gasteiger partial charge in [0.1, 0.15) is 5.82 Å². The second-order valence-corrected chi connectivity index (χ2v) is 3.10. The zero-order valence-electron chi connectivity index (χ0n) is 8.33. The number of anilines is 2. The summed E-state index contributed by atoms with van der Waals surface area (Å²) in [5.41, 5.74) is 2.12. The maximum Gasteiger partial charge on any atom is 0.126 e. The summed E-state index contributed by atoms with van der Waals surface area (Å²) in [4.78, 5) is 4.43. The molecule has 2 rings (SSSR count). The molecule has 0 fully saturated rings. The first-order chi connectivity index (χ1) is 6.83. The zero-order chi connectivity index (χ0) is 9.97. The summed E-state index contributed by atoms with van der Waals surface area (Å²) in [7, 11) is 3.78. The molecule has 0 aliphatic carbocycles. The van der Waals surface area contributed by atoms with Gasteiger partial charge in [-0.2, -0.15) is 0 Å². The van der Waals surface area contributed by atoms with Gasteiger partial charge in [0.25, 0.3) is 0 Å². The van der Waals surface area contributed by atoms with Crippen LogP contribution < -0.4 is 10.6 Å². The first kappa shape index (κ1) is 8.81. The van der Waals surface area contributed by atoms with Gasteiger partial charge in [-0.15, -0.1) is 0 Å². The van der Waals surface area contributed by atoms with Crippen LogP contribution in [0.25, 0.3) is 10.9 Å². The molecule has 0 radical (unpaired) electrons. The summed E-state index contributed by atoms with van der Waals surface area (Å²) >= 11 is 0. The van der Waals surface area contributed by atoms with Crippen molar-refractivity contribution < 1.29 is 0 Å². The molecule has 14 heavy (non-hydrogen) atoms. The van der Waals surface area contributed by atoms with Crippen LogP contribution >= 0.6 is 0 Å². The Balaban J connectivity index is 2.57. The van der Waals surface area contributed by atoms with Crippen molar-refractivity contribution in [3.05, 3.63) is 30.3 Å². The monoisotopic (exact) mass is 187 g/mol. The predicted molar refractivity (Wildman–Crippen MR) is 60.8 cm³/mol. The molecule has 2 N–H and O–H groups in total. The second kappa shape index (κ2) is 3.54. The fraction of sp³-hybridized carbons (Fsp3) is 0.182. The van der Waals surface area contributed by atoms with Crippen LogP contribution in [-0.2, 0) is 0 Å². The number of benzene rings is 1. The van der Waals surface area contributed by atoms with Crippen LogP contribution in [0.1, 0.15) is 0 Å². The molecule has 0 bridgehead atoms. The fourth-order valence-corrected chi connectivity index (χ4v) is 1.42. The highest BCUT2D eigenvalue weighted by atomic mass is 15.0. The van der Waals surface area contributed by atoms with E-state index in [0.717, 1.165) is 22.4 Å². The molecule has 0 spiro atoms. The van der Waals surface area contributed by atoms with Crippen molar-refractivity contribution in [1.29, 1.82) is 0 Å². The Morgan fingerprint density at radius 3 is 2.57 bits per heavy atom. The molecular formula is C11H13N3. The summed E-state index contributed by atoms with van der Waals surface area (Å²) in [5, 5.41) is 7.27. The summed E-state index contributed by atoms with van der Waals surface area (Å²) < 4.78 is 0. The Kier molecular flexibility index (Phi) is 2.23. The minimum Gasteiger partial charge on any atom is -0.388 e. The smallest absolute Gasteiger partial charge is 0.126 e. The molecule has 0 aliphatic rings. The van der Waals surface area contributed by atoms with Gasteiger partial charge >= 0.3 is 0 Å². The third kappa shape index (κ3) is 1.48. The topological polar surface area (TPSA) is 37.0 Å². The van der Waals surface area contributed by atoms with Gasteiger partial charge in [-0.05, 0) is 30.3 Å². The Morgan fingerprint density at radius 1 is 1.00 bits per heavy atom. The van der Waals surface area contributed by atoms with E-state index >= 15 is 0 Å². The average Bonchev–Trinajstić information content (AvgIpc) is 2.27. The van der Waals surface area contributed by atoms with Crippen molar-refractivity contribution in [3.8, 4) is 0 Å². The van der Waals surface area contributed by atoms with Crippen molar-refractivity contribution in [2.24, 2.45) is 0 Å². The van der Waals surface area contributed by atoms with E-state index in [1.54, 1.807) is 0 Å². The third-order valence-electron chi connectivity index (χ3n) is 2.23. The number of fused-ring (bicyclic) bond motifs is 1. The van der Waals surface area contributed by atoms with E-state index in [-0.39, 0.29) is 0 Å². The van der Waals surface area contributed by atoms with Crippen LogP contribution in [0.15, 0.2) is 30.3 Å². The average molecular weight is 187 g/mol. The lowest BCUT2D eigenvalue weighted by atomic mass is 10.2. The Morgan fingerprint density at radius 2 is 1.86 bits per heavy atom. The zero-order valence-corrected chi connectivity index (χ0v) is 8.33. The van der Waals surface area contributed by atoms with Crippen molar-refractivity contribution in [2.45, 2.75) is 0 Å². The van der Waals surface area contributed by atoms with Gasteiger partial charge in [-0.3, -0.25) is 0 Å². The lowest BCUT2D eigenvalue weighted by molar-refractivity contribution is 1.34. The van der Waals surface area contributed by atoms with E-state index in [1.165, 1.54) is 0 Å². The van der Waals surface area contributed by atoms with Crippen molar-refractivity contribution in [1.82, 2.24) is 4.98 Å². The van der Waals surface area contributed by atoms with Gasteiger partial charge in [0.2, 0.25) is 0 Å². The molecule has 0 unspecified atom stereocenters. The van der Waals surface area contributed by atoms with Crippen molar-refractivity contribution in [3.63, 3.8) is 0 Å². The molecule has 1 aromatic heterocycles. The van der Waals surface area contributed by atoms with E-state index in [4.69, 9.17) is 0 Å². The Hall–Kier alpha value is -1.77. The quantitative estimate of drug-likeness (QED) is 0.757. The van der Waals surface area contributed by atoms with Crippen LogP contribution in [-0.4, -0.2) is 19.1 Å². The fourth-order valence-electron chi connectivity index (χ4n) is 1.42. The van der Waals surface area contributed by atoms with E-state index in [9.17, 15) is 0 Å². The van der Waals surface area contributed by atoms with Gasteiger partial charge in [-0.1, -0.05) is 0 Å². The predicted octanol–water partition coefficient (Wildman–Crippen LogP) is 2.32. The van der Waals surface area contributed by atoms with Crippen LogP contribution in [0, 0.1) is 0 Å². The van der Waals surface area contributed by atoms with Crippen LogP contribution in [0.3, 0.4) is 0 Å². The first-order valence-electron chi connectivity index (χ1n) is 4.60. The SMILES string of the molecule is CNc1ccc2nc(NC)ccc2c1. The maximum atomic E-state index is 4.43. The van der Waals surface area contributed by atoms with E-state index in [2.05, 4.69) is 27.8 Å². The number of aromatic nitrogens is 1. The molecule has 0 saturated carbocycles. The minimum absolute atomic E-state index is 0.898. The number of hydrogen-bond donors (Lipinski definition) is 2. The molecule has 1 heterocycles. The molecule has 0 saturated heterocycles. The highest BCUT2D eigenvalue weighted by molar-refractivity contribution is 5.83. The van der Waals surface area contributed by atoms with Crippen molar-refractivity contribution >= 4 is 22.4 Å². The van der Waals surface area contributed by atoms with Crippen LogP contribution in [0.5, 0.6) is 0 Å². The summed E-state index contributed by atoms with van der Waals surface area (Å²) in [5.74, 6) is 0.898. The standard InChI is InChI=1S/C11H13N3/c1-12-9-4-5-10-8(7-9)3-6-11(13-2)14-10/h3-7,12H,1-2H3,(H,13,14). The molecule has 0 amide bonds. The molecule has 72 valence electrons. The highest BCUT2D eigenvalue weighted by Crippen LogP contribution is 2.18. The summed E-state index contributed by atoms with van der Waals surface area (Å²) in [6, 6.07) is 10.2. The highest BCUT2D eigenvalue weighted by Gasteiger charge is 1.97. The maximum absolute atomic E-state index is 4.43. The molecule has 2 aromatic rings. The summed E-state index contributed by atoms with van der Waals surface area (Å²) in [6.45, 7) is 0. The number of pyridine rings is 1. The Bertz CT molecular complexity index is 408. The van der Waals surface area contributed by atoms with Crippen LogP contribution in [0.2, 0.25) is 0 Å². The normalized spacial score (nSPS) is 10.1. The van der Waals surface area contributed by atoms with E-state index in [0.29, 0.717) is 0 Å². The number of hydrogen-bond acceptors (Lipinski definition) is 3. The lowest BCUT2D eigenvalue weighted by Gasteiger charge is -2.04. The molecule has 0 atom stereocenters. The van der Waals surface area contributed by atoms with E-state index < -0.39 is 0 Å². The third-order valence-corrected chi connectivity index (χ3v) is 2.23. The largest absolute Gasteiger partial charge is 0.388 e. The van der Waals surface area contributed by atoms with Gasteiger partial charge in [0, 0.05) is 25.2 Å². The molecule has 3 nitrogen and oxygen atoms in total. The van der Waals surface area contributed by atoms with Crippen LogP contribution in [0.4, 0.5) is 11.5 Å². The minimum atomic E-state index is 0.898. The van der Waals surface area contributed by atoms with Gasteiger partial charge in [0.15, 0.2) is 0 Å². The van der Waals surface area contributed by atoms with Gasteiger partial charge < -0.3 is 10.6 Å². The first-order valence-corrected chi connectivity index (χ1v) is 4.60. The summed E-state index contributed by atoms with van der Waals surface area (Å²) in [6.07, 6.45) is 0.